The van der Waals surface area contributed by atoms with Crippen molar-refractivity contribution in [3.8, 4) is 11.5 Å². The molecule has 40 heavy (non-hydrogen) atoms. The number of aliphatic hydroxyl groups is 1. The van der Waals surface area contributed by atoms with Crippen LogP contribution in [0.5, 0.6) is 11.5 Å². The number of carbonyl (C=O) groups excluding carboxylic acids is 1. The van der Waals surface area contributed by atoms with Gasteiger partial charge in [-0.25, -0.2) is 0 Å². The fraction of sp³-hybridized carbons (Fsp3) is 0.394. The van der Waals surface area contributed by atoms with Gasteiger partial charge in [0.15, 0.2) is 5.78 Å². The van der Waals surface area contributed by atoms with Crippen molar-refractivity contribution in [1.29, 1.82) is 0 Å². The van der Waals surface area contributed by atoms with Crippen molar-refractivity contribution in [3.05, 3.63) is 100 Å². The lowest BCUT2D eigenvalue weighted by molar-refractivity contribution is -0.0757. The number of pyridine rings is 1. The second-order valence-corrected chi connectivity index (χ2v) is 11.6. The number of hydrogen-bond donors (Lipinski definition) is 2. The minimum atomic E-state index is -0.273. The van der Waals surface area contributed by atoms with E-state index < -0.39 is 0 Å². The van der Waals surface area contributed by atoms with E-state index in [1.165, 1.54) is 11.1 Å². The molecule has 7 nitrogen and oxygen atoms in total. The number of rotatable bonds is 8. The third kappa shape index (κ3) is 3.83. The summed E-state index contributed by atoms with van der Waals surface area (Å²) in [6.07, 6.45) is 8.58. The van der Waals surface area contributed by atoms with E-state index in [2.05, 4.69) is 47.3 Å². The van der Waals surface area contributed by atoms with Gasteiger partial charge in [0, 0.05) is 46.7 Å². The van der Waals surface area contributed by atoms with Crippen LogP contribution < -0.4 is 4.74 Å². The Labute approximate surface area is 234 Å². The minimum Gasteiger partial charge on any atom is -0.508 e. The first-order valence-corrected chi connectivity index (χ1v) is 14.2. The maximum atomic E-state index is 13.3. The zero-order valence-corrected chi connectivity index (χ0v) is 22.6. The fourth-order valence-electron chi connectivity index (χ4n) is 7.74. The average molecular weight is 539 g/mol. The normalized spacial score (nSPS) is 27.8. The first-order valence-electron chi connectivity index (χ1n) is 14.2. The third-order valence-corrected chi connectivity index (χ3v) is 9.66. The molecule has 4 aliphatic rings. The summed E-state index contributed by atoms with van der Waals surface area (Å²) in [5.41, 5.74) is 5.07. The number of nitrogens with zero attached hydrogens (tertiary/aromatic N) is 2. The van der Waals surface area contributed by atoms with Crippen molar-refractivity contribution < 1.29 is 24.5 Å². The van der Waals surface area contributed by atoms with Gasteiger partial charge in [0.1, 0.15) is 23.7 Å². The number of aliphatic hydroxyl groups excluding tert-OH is 1. The predicted octanol–water partition coefficient (Wildman–Crippen LogP) is 4.13. The second kappa shape index (κ2) is 9.84. The molecule has 7 heteroatoms. The molecule has 5 atom stereocenters. The van der Waals surface area contributed by atoms with Gasteiger partial charge in [-0.2, -0.15) is 0 Å². The minimum absolute atomic E-state index is 0.0439. The highest BCUT2D eigenvalue weighted by molar-refractivity contribution is 5.97. The Hall–Kier alpha value is -3.52. The highest BCUT2D eigenvalue weighted by Crippen LogP contribution is 2.60. The number of benzene rings is 2. The molecule has 7 rings (SSSR count). The first kappa shape index (κ1) is 25.4. The molecule has 3 heterocycles. The lowest BCUT2D eigenvalue weighted by atomic mass is 9.53. The Morgan fingerprint density at radius 3 is 2.92 bits per heavy atom. The number of piperidine rings is 1. The Bertz CT molecular complexity index is 1500. The molecule has 2 aromatic carbocycles. The van der Waals surface area contributed by atoms with Gasteiger partial charge in [0.05, 0.1) is 18.9 Å². The van der Waals surface area contributed by atoms with Gasteiger partial charge < -0.3 is 24.6 Å². The number of carbonyl (C=O) groups is 1. The van der Waals surface area contributed by atoms with Crippen molar-refractivity contribution in [3.63, 3.8) is 0 Å². The second-order valence-electron chi connectivity index (χ2n) is 11.6. The van der Waals surface area contributed by atoms with Crippen LogP contribution >= 0.6 is 0 Å². The third-order valence-electron chi connectivity index (χ3n) is 9.66. The van der Waals surface area contributed by atoms with Crippen molar-refractivity contribution >= 4 is 5.78 Å². The molecule has 1 fully saturated rings. The molecule has 1 aromatic heterocycles. The average Bonchev–Trinajstić information content (AvgIpc) is 3.32. The van der Waals surface area contributed by atoms with E-state index in [0.717, 1.165) is 30.7 Å². The first-order chi connectivity index (χ1) is 19.5. The molecule has 0 amide bonds. The van der Waals surface area contributed by atoms with Crippen molar-refractivity contribution in [2.75, 3.05) is 13.6 Å². The van der Waals surface area contributed by atoms with Gasteiger partial charge in [0.25, 0.3) is 0 Å². The molecule has 0 unspecified atom stereocenters. The summed E-state index contributed by atoms with van der Waals surface area (Å²) in [6.45, 7) is 0.967. The zero-order chi connectivity index (χ0) is 27.4. The number of hydrogen-bond acceptors (Lipinski definition) is 7. The van der Waals surface area contributed by atoms with Gasteiger partial charge in [-0.15, -0.1) is 0 Å². The molecule has 2 bridgehead atoms. The molecule has 0 saturated carbocycles. The van der Waals surface area contributed by atoms with Crippen LogP contribution in [0, 0.1) is 5.92 Å². The maximum absolute atomic E-state index is 13.3. The number of aryl methyl sites for hydroxylation is 1. The topological polar surface area (TPSA) is 92.1 Å². The summed E-state index contributed by atoms with van der Waals surface area (Å²) in [7, 11) is 2.23. The number of Topliss-reactive ketones (excluding diaryl/α,β-unsaturated/α-hetero) is 1. The fourth-order valence-corrected chi connectivity index (χ4v) is 7.74. The molecule has 2 N–H and O–H groups in total. The largest absolute Gasteiger partial charge is 0.508 e. The van der Waals surface area contributed by atoms with Gasteiger partial charge in [-0.05, 0) is 68.2 Å². The number of aromatic hydroxyl groups is 1. The number of likely N-dealkylation sites (tertiary alicyclic amines) is 1. The highest BCUT2D eigenvalue weighted by atomic mass is 16.5. The molecule has 2 aliphatic heterocycles. The molecule has 1 saturated heterocycles. The molecular weight excluding hydrogens is 504 g/mol. The number of aromatic nitrogens is 1. The quantitative estimate of drug-likeness (QED) is 0.329. The smallest absolute Gasteiger partial charge is 0.165 e. The Morgan fingerprint density at radius 1 is 1.18 bits per heavy atom. The SMILES string of the molecule is CN1CC[C@]23c4c5cccc4O[C@H]2[C@@H](OCc2ncccc2C(=O)CCc2cccc(O)c2CO)C=C[C@H]3[C@H]1C5. The summed E-state index contributed by atoms with van der Waals surface area (Å²) in [6, 6.07) is 15.6. The van der Waals surface area contributed by atoms with Crippen LogP contribution in [-0.4, -0.2) is 57.7 Å². The molecule has 0 radical (unpaired) electrons. The van der Waals surface area contributed by atoms with E-state index in [1.807, 2.05) is 6.07 Å². The van der Waals surface area contributed by atoms with Gasteiger partial charge in [0.2, 0.25) is 0 Å². The molecule has 2 aliphatic carbocycles. The Kier molecular flexibility index (Phi) is 6.26. The molecule has 206 valence electrons. The lowest BCUT2D eigenvalue weighted by Gasteiger charge is -2.56. The van der Waals surface area contributed by atoms with E-state index in [0.29, 0.717) is 35.2 Å². The van der Waals surface area contributed by atoms with Crippen LogP contribution in [0.2, 0.25) is 0 Å². The number of phenols is 1. The number of likely N-dealkylation sites (N-methyl/N-ethyl adjacent to an activating group) is 1. The maximum Gasteiger partial charge on any atom is 0.165 e. The molecular formula is C33H34N2O5. The van der Waals surface area contributed by atoms with E-state index in [9.17, 15) is 15.0 Å². The van der Waals surface area contributed by atoms with Gasteiger partial charge in [-0.1, -0.05) is 36.4 Å². The zero-order valence-electron chi connectivity index (χ0n) is 22.6. The van der Waals surface area contributed by atoms with Gasteiger partial charge >= 0.3 is 0 Å². The molecule has 1 spiro atoms. The summed E-state index contributed by atoms with van der Waals surface area (Å²) < 4.78 is 13.2. The standard InChI is InChI=1S/C33H34N2O5/c1-35-16-14-33-24-11-13-30(32(33)40-29-9-3-6-21(31(29)33)17-26(24)35)39-19-25-22(7-4-15-34-25)28(38)12-10-20-5-2-8-27(37)23(20)18-36/h2-9,11,13,15,24,26,30,32,36-37H,10,12,14,16-19H2,1H3/t24-,26+,30-,32-,33-/m0/s1. The summed E-state index contributed by atoms with van der Waals surface area (Å²) in [5.74, 6) is 1.38. The van der Waals surface area contributed by atoms with E-state index in [1.54, 1.807) is 30.5 Å². The van der Waals surface area contributed by atoms with Crippen LogP contribution in [0.25, 0.3) is 0 Å². The van der Waals surface area contributed by atoms with Crippen LogP contribution in [0.15, 0.2) is 66.9 Å². The Morgan fingerprint density at radius 2 is 2.05 bits per heavy atom. The van der Waals surface area contributed by atoms with Crippen LogP contribution in [0.1, 0.15) is 51.1 Å². The van der Waals surface area contributed by atoms with Crippen LogP contribution in [-0.2, 0) is 36.2 Å². The van der Waals surface area contributed by atoms with Crippen molar-refractivity contribution in [1.82, 2.24) is 9.88 Å². The summed E-state index contributed by atoms with van der Waals surface area (Å²) >= 11 is 0. The van der Waals surface area contributed by atoms with E-state index >= 15 is 0 Å². The van der Waals surface area contributed by atoms with Crippen LogP contribution in [0.4, 0.5) is 0 Å². The van der Waals surface area contributed by atoms with E-state index in [4.69, 9.17) is 9.47 Å². The summed E-state index contributed by atoms with van der Waals surface area (Å²) in [5, 5.41) is 19.7. The highest BCUT2D eigenvalue weighted by Gasteiger charge is 2.64. The molecule has 3 aromatic rings. The van der Waals surface area contributed by atoms with E-state index in [-0.39, 0.29) is 48.8 Å². The van der Waals surface area contributed by atoms with Crippen molar-refractivity contribution in [2.45, 2.75) is 62.6 Å². The van der Waals surface area contributed by atoms with Crippen molar-refractivity contribution in [2.24, 2.45) is 5.92 Å². The monoisotopic (exact) mass is 538 g/mol. The van der Waals surface area contributed by atoms with Gasteiger partial charge in [-0.3, -0.25) is 9.78 Å². The van der Waals surface area contributed by atoms with Crippen LogP contribution in [0.3, 0.4) is 0 Å². The lowest BCUT2D eigenvalue weighted by Crippen LogP contribution is -2.65. The number of ketones is 1. The number of ether oxygens (including phenoxy) is 2. The summed E-state index contributed by atoms with van der Waals surface area (Å²) in [4.78, 5) is 20.3. The predicted molar refractivity (Wildman–Crippen MR) is 149 cm³/mol. The Balaban J connectivity index is 1.11.